The van der Waals surface area contributed by atoms with Gasteiger partial charge >= 0.3 is 0 Å². The molecule has 0 aliphatic carbocycles. The van der Waals surface area contributed by atoms with Gasteiger partial charge in [-0.1, -0.05) is 18.6 Å². The minimum atomic E-state index is 0.00704. The van der Waals surface area contributed by atoms with E-state index < -0.39 is 0 Å². The predicted octanol–water partition coefficient (Wildman–Crippen LogP) is 4.59. The number of anilines is 1. The predicted molar refractivity (Wildman–Crippen MR) is 117 cm³/mol. The third-order valence-corrected chi connectivity index (χ3v) is 5.18. The van der Waals surface area contributed by atoms with Crippen molar-refractivity contribution in [2.24, 2.45) is 0 Å². The smallest absolute Gasteiger partial charge is 0.248 e. The number of hydrogen-bond donors (Lipinski definition) is 0. The fraction of sp³-hybridized carbons (Fsp3) is 0.333. The molecule has 3 aromatic rings. The Bertz CT molecular complexity index is 1040. The van der Waals surface area contributed by atoms with E-state index in [2.05, 4.69) is 25.0 Å². The summed E-state index contributed by atoms with van der Waals surface area (Å²) in [5, 5.41) is 4.51. The molecule has 30 heavy (non-hydrogen) atoms. The molecule has 156 valence electrons. The van der Waals surface area contributed by atoms with Crippen LogP contribution in [0.1, 0.15) is 31.4 Å². The normalized spacial score (nSPS) is 12.0. The minimum Gasteiger partial charge on any atom is -0.494 e. The second kappa shape index (κ2) is 8.61. The molecule has 0 bridgehead atoms. The first kappa shape index (κ1) is 20.0. The van der Waals surface area contributed by atoms with Gasteiger partial charge in [-0.25, -0.2) is 0 Å². The van der Waals surface area contributed by atoms with Gasteiger partial charge in [0.2, 0.25) is 5.91 Å². The first-order chi connectivity index (χ1) is 14.6. The number of amides is 1. The van der Waals surface area contributed by atoms with Crippen molar-refractivity contribution < 1.29 is 14.3 Å². The SMILES string of the molecule is CCCN(C(=O)Cn1ncc2c1-c1cc(C)ccc1OC2)c1ccc(OCC)cc1. The van der Waals surface area contributed by atoms with E-state index in [1.165, 1.54) is 0 Å². The van der Waals surface area contributed by atoms with Crippen LogP contribution in [0.3, 0.4) is 0 Å². The van der Waals surface area contributed by atoms with Crippen molar-refractivity contribution in [1.29, 1.82) is 0 Å². The Balaban J connectivity index is 1.61. The van der Waals surface area contributed by atoms with Crippen LogP contribution in [-0.2, 0) is 17.9 Å². The highest BCUT2D eigenvalue weighted by Gasteiger charge is 2.25. The van der Waals surface area contributed by atoms with Crippen LogP contribution in [0.2, 0.25) is 0 Å². The topological polar surface area (TPSA) is 56.6 Å². The number of hydrogen-bond acceptors (Lipinski definition) is 4. The highest BCUT2D eigenvalue weighted by Crippen LogP contribution is 2.38. The molecule has 2 aromatic carbocycles. The largest absolute Gasteiger partial charge is 0.494 e. The average Bonchev–Trinajstić information content (AvgIpc) is 3.16. The molecular formula is C24H27N3O3. The van der Waals surface area contributed by atoms with Gasteiger partial charge in [0.15, 0.2) is 0 Å². The van der Waals surface area contributed by atoms with E-state index in [9.17, 15) is 4.79 Å². The van der Waals surface area contributed by atoms with Crippen molar-refractivity contribution in [3.8, 4) is 22.8 Å². The molecule has 0 spiro atoms. The van der Waals surface area contributed by atoms with Gasteiger partial charge in [-0.15, -0.1) is 0 Å². The van der Waals surface area contributed by atoms with Crippen molar-refractivity contribution >= 4 is 11.6 Å². The summed E-state index contributed by atoms with van der Waals surface area (Å²) in [6.07, 6.45) is 2.67. The summed E-state index contributed by atoms with van der Waals surface area (Å²) in [6.45, 7) is 7.99. The van der Waals surface area contributed by atoms with Crippen LogP contribution in [-0.4, -0.2) is 28.8 Å². The van der Waals surface area contributed by atoms with E-state index in [4.69, 9.17) is 9.47 Å². The van der Waals surface area contributed by atoms with E-state index in [-0.39, 0.29) is 12.5 Å². The van der Waals surface area contributed by atoms with E-state index in [1.807, 2.05) is 48.2 Å². The second-order valence-electron chi connectivity index (χ2n) is 7.44. The molecule has 1 aromatic heterocycles. The van der Waals surface area contributed by atoms with Crippen LogP contribution in [0.4, 0.5) is 5.69 Å². The Morgan fingerprint density at radius 1 is 1.20 bits per heavy atom. The molecule has 2 heterocycles. The number of ether oxygens (including phenoxy) is 2. The molecule has 1 aliphatic rings. The molecule has 6 nitrogen and oxygen atoms in total. The Morgan fingerprint density at radius 3 is 2.73 bits per heavy atom. The number of aromatic nitrogens is 2. The van der Waals surface area contributed by atoms with Gasteiger partial charge in [-0.3, -0.25) is 9.48 Å². The highest BCUT2D eigenvalue weighted by atomic mass is 16.5. The van der Waals surface area contributed by atoms with Crippen LogP contribution in [0.5, 0.6) is 11.5 Å². The van der Waals surface area contributed by atoms with Gasteiger partial charge in [-0.05, 0) is 56.7 Å². The number of carbonyl (C=O) groups is 1. The molecule has 1 amide bonds. The summed E-state index contributed by atoms with van der Waals surface area (Å²) in [7, 11) is 0. The summed E-state index contributed by atoms with van der Waals surface area (Å²) in [6, 6.07) is 13.8. The summed E-state index contributed by atoms with van der Waals surface area (Å²) >= 11 is 0. The zero-order valence-electron chi connectivity index (χ0n) is 17.7. The Labute approximate surface area is 177 Å². The minimum absolute atomic E-state index is 0.00704. The molecule has 4 rings (SSSR count). The van der Waals surface area contributed by atoms with Gasteiger partial charge in [0, 0.05) is 23.4 Å². The number of nitrogens with zero attached hydrogens (tertiary/aromatic N) is 3. The lowest BCUT2D eigenvalue weighted by Gasteiger charge is -2.24. The molecule has 0 N–H and O–H groups in total. The first-order valence-corrected chi connectivity index (χ1v) is 10.4. The maximum absolute atomic E-state index is 13.3. The maximum atomic E-state index is 13.3. The molecule has 1 aliphatic heterocycles. The first-order valence-electron chi connectivity index (χ1n) is 10.4. The summed E-state index contributed by atoms with van der Waals surface area (Å²) in [4.78, 5) is 15.1. The molecule has 0 unspecified atom stereocenters. The van der Waals surface area contributed by atoms with Crippen LogP contribution in [0.15, 0.2) is 48.7 Å². The number of rotatable bonds is 7. The Hall–Kier alpha value is -3.28. The molecule has 0 radical (unpaired) electrons. The average molecular weight is 405 g/mol. The standard InChI is InChI=1S/C24H27N3O3/c1-4-12-26(19-7-9-20(10-8-19)29-5-2)23(28)15-27-24-18(14-25-27)16-30-22-11-6-17(3)13-21(22)24/h6-11,13-14H,4-5,12,15-16H2,1-3H3. The molecule has 0 fully saturated rings. The van der Waals surface area contributed by atoms with Gasteiger partial charge in [0.1, 0.15) is 24.7 Å². The quantitative estimate of drug-likeness (QED) is 0.577. The van der Waals surface area contributed by atoms with E-state index in [1.54, 1.807) is 10.9 Å². The fourth-order valence-corrected chi connectivity index (χ4v) is 3.80. The van der Waals surface area contributed by atoms with Gasteiger partial charge in [0.25, 0.3) is 0 Å². The maximum Gasteiger partial charge on any atom is 0.248 e. The monoisotopic (exact) mass is 405 g/mol. The lowest BCUT2D eigenvalue weighted by Crippen LogP contribution is -2.35. The summed E-state index contributed by atoms with van der Waals surface area (Å²) < 4.78 is 13.2. The highest BCUT2D eigenvalue weighted by molar-refractivity contribution is 5.93. The number of carbonyl (C=O) groups excluding carboxylic acids is 1. The molecule has 0 saturated heterocycles. The molecule has 0 atom stereocenters. The van der Waals surface area contributed by atoms with Crippen LogP contribution in [0.25, 0.3) is 11.3 Å². The number of aryl methyl sites for hydroxylation is 1. The number of fused-ring (bicyclic) bond motifs is 3. The molecule has 6 heteroatoms. The van der Waals surface area contributed by atoms with Crippen LogP contribution < -0.4 is 14.4 Å². The van der Waals surface area contributed by atoms with Crippen molar-refractivity contribution in [3.05, 3.63) is 59.8 Å². The zero-order valence-corrected chi connectivity index (χ0v) is 17.7. The third kappa shape index (κ3) is 3.90. The van der Waals surface area contributed by atoms with Gasteiger partial charge < -0.3 is 14.4 Å². The number of benzene rings is 2. The summed E-state index contributed by atoms with van der Waals surface area (Å²) in [5.74, 6) is 1.64. The van der Waals surface area contributed by atoms with Crippen molar-refractivity contribution in [2.75, 3.05) is 18.1 Å². The lowest BCUT2D eigenvalue weighted by molar-refractivity contribution is -0.119. The van der Waals surface area contributed by atoms with Crippen molar-refractivity contribution in [1.82, 2.24) is 9.78 Å². The second-order valence-corrected chi connectivity index (χ2v) is 7.44. The fourth-order valence-electron chi connectivity index (χ4n) is 3.80. The molecule has 0 saturated carbocycles. The lowest BCUT2D eigenvalue weighted by atomic mass is 10.0. The zero-order chi connectivity index (χ0) is 21.1. The van der Waals surface area contributed by atoms with Gasteiger partial charge in [0.05, 0.1) is 18.5 Å². The summed E-state index contributed by atoms with van der Waals surface area (Å²) in [5.41, 5.74) is 4.97. The van der Waals surface area contributed by atoms with E-state index in [0.29, 0.717) is 19.8 Å². The van der Waals surface area contributed by atoms with Crippen molar-refractivity contribution in [3.63, 3.8) is 0 Å². The van der Waals surface area contributed by atoms with Gasteiger partial charge in [-0.2, -0.15) is 5.10 Å². The van der Waals surface area contributed by atoms with Crippen molar-refractivity contribution in [2.45, 2.75) is 40.3 Å². The molecular weight excluding hydrogens is 378 g/mol. The van der Waals surface area contributed by atoms with Crippen LogP contribution in [0, 0.1) is 6.92 Å². The Morgan fingerprint density at radius 2 is 2.00 bits per heavy atom. The Kier molecular flexibility index (Phi) is 5.74. The van der Waals surface area contributed by atoms with Crippen LogP contribution >= 0.6 is 0 Å². The third-order valence-electron chi connectivity index (χ3n) is 5.18. The van der Waals surface area contributed by atoms with E-state index in [0.717, 1.165) is 46.0 Å². The van der Waals surface area contributed by atoms with E-state index >= 15 is 0 Å².